The molecule has 3 aliphatic rings. The van der Waals surface area contributed by atoms with Gasteiger partial charge < -0.3 is 15.1 Å². The van der Waals surface area contributed by atoms with Gasteiger partial charge in [-0.3, -0.25) is 5.10 Å². The topological polar surface area (TPSA) is 47.2 Å². The number of aromatic amines is 1. The zero-order chi connectivity index (χ0) is 14.1. The fourth-order valence-corrected chi connectivity index (χ4v) is 3.73. The van der Waals surface area contributed by atoms with Gasteiger partial charge in [0.2, 0.25) is 0 Å². The van der Waals surface area contributed by atoms with Crippen LogP contribution in [-0.4, -0.2) is 60.9 Å². The van der Waals surface area contributed by atoms with Crippen LogP contribution in [-0.2, 0) is 0 Å². The molecule has 1 unspecified atom stereocenters. The summed E-state index contributed by atoms with van der Waals surface area (Å²) < 4.78 is 0. The van der Waals surface area contributed by atoms with Crippen LogP contribution in [0.2, 0.25) is 0 Å². The SMILES string of the molecule is c1c(N2CCNCC2)n[nH]c1C1CCCN(CC2CC2)C1. The number of nitrogens with one attached hydrogen (secondary N) is 2. The smallest absolute Gasteiger partial charge is 0.150 e. The minimum absolute atomic E-state index is 0.654. The van der Waals surface area contributed by atoms with Crippen LogP contribution in [0.15, 0.2) is 6.07 Å². The van der Waals surface area contributed by atoms with Crippen molar-refractivity contribution in [3.8, 4) is 0 Å². The lowest BCUT2D eigenvalue weighted by Gasteiger charge is -2.32. The van der Waals surface area contributed by atoms with Crippen LogP contribution in [0.1, 0.15) is 37.3 Å². The minimum atomic E-state index is 0.654. The second kappa shape index (κ2) is 5.97. The summed E-state index contributed by atoms with van der Waals surface area (Å²) in [7, 11) is 0. The molecule has 4 rings (SSSR count). The van der Waals surface area contributed by atoms with Crippen molar-refractivity contribution in [2.45, 2.75) is 31.6 Å². The molecule has 1 aromatic rings. The van der Waals surface area contributed by atoms with Crippen LogP contribution in [0.4, 0.5) is 5.82 Å². The number of piperidine rings is 1. The first kappa shape index (κ1) is 13.6. The Balaban J connectivity index is 1.39. The molecule has 5 heteroatoms. The first-order valence-electron chi connectivity index (χ1n) is 8.62. The summed E-state index contributed by atoms with van der Waals surface area (Å²) in [6.07, 6.45) is 5.56. The van der Waals surface area contributed by atoms with Crippen LogP contribution in [0.3, 0.4) is 0 Å². The number of hydrogen-bond donors (Lipinski definition) is 2. The number of rotatable bonds is 4. The molecule has 0 aromatic carbocycles. The van der Waals surface area contributed by atoms with E-state index in [0.29, 0.717) is 5.92 Å². The average molecular weight is 289 g/mol. The van der Waals surface area contributed by atoms with E-state index in [2.05, 4.69) is 31.4 Å². The van der Waals surface area contributed by atoms with E-state index in [1.54, 1.807) is 0 Å². The van der Waals surface area contributed by atoms with Crippen LogP contribution in [0, 0.1) is 5.92 Å². The molecule has 116 valence electrons. The zero-order valence-corrected chi connectivity index (χ0v) is 12.9. The van der Waals surface area contributed by atoms with E-state index in [0.717, 1.165) is 37.9 Å². The molecular formula is C16H27N5. The lowest BCUT2D eigenvalue weighted by atomic mass is 9.94. The maximum absolute atomic E-state index is 4.57. The molecule has 2 N–H and O–H groups in total. The summed E-state index contributed by atoms with van der Waals surface area (Å²) in [5.41, 5.74) is 1.35. The molecule has 5 nitrogen and oxygen atoms in total. The van der Waals surface area contributed by atoms with Gasteiger partial charge in [-0.2, -0.15) is 5.10 Å². The lowest BCUT2D eigenvalue weighted by molar-refractivity contribution is 0.198. The first-order valence-corrected chi connectivity index (χ1v) is 8.62. The Hall–Kier alpha value is -1.07. The molecular weight excluding hydrogens is 262 g/mol. The second-order valence-corrected chi connectivity index (χ2v) is 6.96. The standard InChI is InChI=1S/C16H27N5/c1-2-14(12-20(7-1)11-13-3-4-13)15-10-16(19-18-15)21-8-5-17-6-9-21/h10,13-14,17H,1-9,11-12H2,(H,18,19). The monoisotopic (exact) mass is 289 g/mol. The molecule has 0 radical (unpaired) electrons. The van der Waals surface area contributed by atoms with Crippen molar-refractivity contribution in [1.29, 1.82) is 0 Å². The molecule has 0 bridgehead atoms. The molecule has 2 aliphatic heterocycles. The molecule has 2 saturated heterocycles. The molecule has 1 aliphatic carbocycles. The van der Waals surface area contributed by atoms with Crippen molar-refractivity contribution in [1.82, 2.24) is 20.4 Å². The van der Waals surface area contributed by atoms with E-state index in [4.69, 9.17) is 0 Å². The number of likely N-dealkylation sites (tertiary alicyclic amines) is 1. The van der Waals surface area contributed by atoms with Crippen LogP contribution >= 0.6 is 0 Å². The van der Waals surface area contributed by atoms with Gasteiger partial charge in [-0.15, -0.1) is 0 Å². The van der Waals surface area contributed by atoms with Gasteiger partial charge in [0.1, 0.15) is 0 Å². The summed E-state index contributed by atoms with van der Waals surface area (Å²) in [5.74, 6) is 2.80. The molecule has 0 spiro atoms. The van der Waals surface area contributed by atoms with Crippen LogP contribution in [0.25, 0.3) is 0 Å². The fourth-order valence-electron chi connectivity index (χ4n) is 3.73. The summed E-state index contributed by atoms with van der Waals surface area (Å²) in [5, 5.41) is 11.3. The number of H-pyrrole nitrogens is 1. The highest BCUT2D eigenvalue weighted by atomic mass is 15.3. The maximum Gasteiger partial charge on any atom is 0.150 e. The first-order chi connectivity index (χ1) is 10.4. The van der Waals surface area contributed by atoms with Crippen molar-refractivity contribution in [3.05, 3.63) is 11.8 Å². The zero-order valence-electron chi connectivity index (χ0n) is 12.9. The number of aromatic nitrogens is 2. The Morgan fingerprint density at radius 1 is 1.14 bits per heavy atom. The van der Waals surface area contributed by atoms with Crippen molar-refractivity contribution in [2.75, 3.05) is 50.7 Å². The largest absolute Gasteiger partial charge is 0.353 e. The Morgan fingerprint density at radius 3 is 2.81 bits per heavy atom. The molecule has 3 fully saturated rings. The van der Waals surface area contributed by atoms with Gasteiger partial charge >= 0.3 is 0 Å². The summed E-state index contributed by atoms with van der Waals surface area (Å²) >= 11 is 0. The summed E-state index contributed by atoms with van der Waals surface area (Å²) in [4.78, 5) is 5.07. The van der Waals surface area contributed by atoms with Crippen molar-refractivity contribution in [3.63, 3.8) is 0 Å². The number of hydrogen-bond acceptors (Lipinski definition) is 4. The summed E-state index contributed by atoms with van der Waals surface area (Å²) in [6.45, 7) is 8.13. The fraction of sp³-hybridized carbons (Fsp3) is 0.812. The van der Waals surface area contributed by atoms with Gasteiger partial charge in [-0.05, 0) is 38.1 Å². The Bertz CT molecular complexity index is 461. The molecule has 3 heterocycles. The highest BCUT2D eigenvalue weighted by molar-refractivity contribution is 5.40. The van der Waals surface area contributed by atoms with Gasteiger partial charge in [-0.25, -0.2) is 0 Å². The number of anilines is 1. The normalized spacial score (nSPS) is 28.0. The molecule has 21 heavy (non-hydrogen) atoms. The second-order valence-electron chi connectivity index (χ2n) is 6.96. The third-order valence-corrected chi connectivity index (χ3v) is 5.18. The Morgan fingerprint density at radius 2 is 2.00 bits per heavy atom. The minimum Gasteiger partial charge on any atom is -0.353 e. The third kappa shape index (κ3) is 3.24. The average Bonchev–Trinajstić information content (AvgIpc) is 3.20. The van der Waals surface area contributed by atoms with E-state index in [9.17, 15) is 0 Å². The van der Waals surface area contributed by atoms with E-state index >= 15 is 0 Å². The predicted molar refractivity (Wildman–Crippen MR) is 84.8 cm³/mol. The van der Waals surface area contributed by atoms with Crippen molar-refractivity contribution >= 4 is 5.82 Å². The number of nitrogens with zero attached hydrogens (tertiary/aromatic N) is 3. The maximum atomic E-state index is 4.57. The highest BCUT2D eigenvalue weighted by Crippen LogP contribution is 2.33. The van der Waals surface area contributed by atoms with E-state index < -0.39 is 0 Å². The van der Waals surface area contributed by atoms with Crippen LogP contribution in [0.5, 0.6) is 0 Å². The third-order valence-electron chi connectivity index (χ3n) is 5.18. The van der Waals surface area contributed by atoms with Gasteiger partial charge in [0.15, 0.2) is 5.82 Å². The molecule has 0 amide bonds. The Labute approximate surface area is 127 Å². The predicted octanol–water partition coefficient (Wildman–Crippen LogP) is 1.41. The van der Waals surface area contributed by atoms with E-state index in [-0.39, 0.29) is 0 Å². The van der Waals surface area contributed by atoms with Gasteiger partial charge in [0.25, 0.3) is 0 Å². The van der Waals surface area contributed by atoms with Gasteiger partial charge in [-0.1, -0.05) is 0 Å². The van der Waals surface area contributed by atoms with Crippen molar-refractivity contribution < 1.29 is 0 Å². The van der Waals surface area contributed by atoms with Crippen molar-refractivity contribution in [2.24, 2.45) is 5.92 Å². The van der Waals surface area contributed by atoms with Gasteiger partial charge in [0.05, 0.1) is 0 Å². The number of piperazine rings is 1. The molecule has 1 aromatic heterocycles. The van der Waals surface area contributed by atoms with Crippen LogP contribution < -0.4 is 10.2 Å². The lowest BCUT2D eigenvalue weighted by Crippen LogP contribution is -2.43. The highest BCUT2D eigenvalue weighted by Gasteiger charge is 2.29. The Kier molecular flexibility index (Phi) is 3.86. The van der Waals surface area contributed by atoms with E-state index in [1.807, 2.05) is 0 Å². The molecule has 1 saturated carbocycles. The summed E-state index contributed by atoms with van der Waals surface area (Å²) in [6, 6.07) is 2.30. The molecule has 1 atom stereocenters. The van der Waals surface area contributed by atoms with Gasteiger partial charge in [0, 0.05) is 56.9 Å². The quantitative estimate of drug-likeness (QED) is 0.880. The van der Waals surface area contributed by atoms with E-state index in [1.165, 1.54) is 51.0 Å².